The zero-order valence-corrected chi connectivity index (χ0v) is 19.5. The highest BCUT2D eigenvalue weighted by atomic mass is 32.1. The van der Waals surface area contributed by atoms with Crippen molar-refractivity contribution in [2.75, 3.05) is 13.1 Å². The number of piperidine rings is 1. The zero-order valence-electron chi connectivity index (χ0n) is 18.6. The largest absolute Gasteiger partial charge is 0.348 e. The Labute approximate surface area is 184 Å². The number of carbonyl (C=O) groups is 1. The van der Waals surface area contributed by atoms with Crippen molar-refractivity contribution in [2.24, 2.45) is 5.41 Å². The van der Waals surface area contributed by atoms with Crippen LogP contribution in [-0.4, -0.2) is 39.5 Å². The van der Waals surface area contributed by atoms with Gasteiger partial charge >= 0.3 is 0 Å². The normalized spacial score (nSPS) is 19.4. The Morgan fingerprint density at radius 1 is 1.13 bits per heavy atom. The van der Waals surface area contributed by atoms with Crippen molar-refractivity contribution in [1.29, 1.82) is 0 Å². The van der Waals surface area contributed by atoms with Gasteiger partial charge in [0.25, 0.3) is 5.91 Å². The third kappa shape index (κ3) is 4.59. The fourth-order valence-electron chi connectivity index (χ4n) is 4.94. The fourth-order valence-corrected chi connectivity index (χ4v) is 5.58. The van der Waals surface area contributed by atoms with Crippen LogP contribution in [0.4, 0.5) is 0 Å². The van der Waals surface area contributed by atoms with Gasteiger partial charge in [0, 0.05) is 12.6 Å². The van der Waals surface area contributed by atoms with Gasteiger partial charge in [0.1, 0.15) is 0 Å². The van der Waals surface area contributed by atoms with E-state index in [2.05, 4.69) is 71.8 Å². The molecule has 30 heavy (non-hydrogen) atoms. The first-order valence-corrected chi connectivity index (χ1v) is 12.1. The summed E-state index contributed by atoms with van der Waals surface area (Å²) in [6, 6.07) is 9.40. The number of nitrogens with zero attached hydrogens (tertiary/aromatic N) is 3. The Hall–Kier alpha value is -1.79. The first-order valence-electron chi connectivity index (χ1n) is 11.3. The maximum atomic E-state index is 12.6. The lowest BCUT2D eigenvalue weighted by Crippen LogP contribution is -2.54. The number of benzene rings is 1. The molecule has 1 saturated heterocycles. The van der Waals surface area contributed by atoms with Gasteiger partial charge in [-0.3, -0.25) is 9.69 Å². The molecule has 4 rings (SSSR count). The quantitative estimate of drug-likeness (QED) is 0.709. The topological polar surface area (TPSA) is 58.1 Å². The number of hydrogen-bond acceptors (Lipinski definition) is 5. The van der Waals surface area contributed by atoms with Crippen LogP contribution >= 0.6 is 11.5 Å². The Balaban J connectivity index is 1.23. The van der Waals surface area contributed by atoms with E-state index in [4.69, 9.17) is 0 Å². The lowest BCUT2D eigenvalue weighted by molar-refractivity contribution is 0.00459. The molecule has 0 radical (unpaired) electrons. The molecule has 1 spiro atoms. The maximum absolute atomic E-state index is 12.6. The van der Waals surface area contributed by atoms with Crippen molar-refractivity contribution in [3.05, 3.63) is 46.0 Å². The Morgan fingerprint density at radius 2 is 1.80 bits per heavy atom. The van der Waals surface area contributed by atoms with Crippen LogP contribution in [0.25, 0.3) is 0 Å². The summed E-state index contributed by atoms with van der Waals surface area (Å²) >= 11 is 1.34. The summed E-state index contributed by atoms with van der Waals surface area (Å²) in [6.07, 6.45) is 4.67. The Bertz CT molecular complexity index is 858. The summed E-state index contributed by atoms with van der Waals surface area (Å²) in [6.45, 7) is 12.0. The van der Waals surface area contributed by atoms with Crippen LogP contribution in [0, 0.1) is 5.41 Å². The van der Waals surface area contributed by atoms with E-state index in [0.717, 1.165) is 37.4 Å². The van der Waals surface area contributed by atoms with E-state index in [1.54, 1.807) is 0 Å². The predicted octanol–water partition coefficient (Wildman–Crippen LogP) is 4.96. The van der Waals surface area contributed by atoms with E-state index in [-0.39, 0.29) is 17.9 Å². The van der Waals surface area contributed by atoms with E-state index in [9.17, 15) is 4.79 Å². The molecule has 162 valence electrons. The lowest BCUT2D eigenvalue weighted by atomic mass is 9.60. The van der Waals surface area contributed by atoms with Crippen LogP contribution in [-0.2, 0) is 6.54 Å². The van der Waals surface area contributed by atoms with Crippen molar-refractivity contribution >= 4 is 17.4 Å². The number of rotatable bonds is 6. The molecule has 1 aromatic heterocycles. The molecule has 0 bridgehead atoms. The van der Waals surface area contributed by atoms with Gasteiger partial charge in [-0.05, 0) is 78.7 Å². The van der Waals surface area contributed by atoms with Crippen molar-refractivity contribution < 1.29 is 4.79 Å². The van der Waals surface area contributed by atoms with Gasteiger partial charge in [-0.15, -0.1) is 5.10 Å². The third-order valence-corrected chi connectivity index (χ3v) is 7.94. The smallest absolute Gasteiger partial charge is 0.273 e. The summed E-state index contributed by atoms with van der Waals surface area (Å²) < 4.78 is 3.98. The number of hydrogen-bond donors (Lipinski definition) is 1. The average molecular weight is 427 g/mol. The molecule has 0 atom stereocenters. The van der Waals surface area contributed by atoms with Crippen LogP contribution in [0.1, 0.15) is 91.7 Å². The van der Waals surface area contributed by atoms with Gasteiger partial charge in [-0.2, -0.15) is 0 Å². The van der Waals surface area contributed by atoms with Crippen molar-refractivity contribution in [3.63, 3.8) is 0 Å². The molecular weight excluding hydrogens is 392 g/mol. The van der Waals surface area contributed by atoms with Gasteiger partial charge in [0.15, 0.2) is 5.69 Å². The summed E-state index contributed by atoms with van der Waals surface area (Å²) in [5.74, 6) is 0.823. The number of aromatic nitrogens is 2. The number of carbonyl (C=O) groups excluding carboxylic acids is 1. The number of nitrogens with one attached hydrogen (secondary N) is 1. The van der Waals surface area contributed by atoms with E-state index >= 15 is 0 Å². The first-order chi connectivity index (χ1) is 14.3. The highest BCUT2D eigenvalue weighted by molar-refractivity contribution is 7.05. The van der Waals surface area contributed by atoms with Gasteiger partial charge in [0.2, 0.25) is 0 Å². The summed E-state index contributed by atoms with van der Waals surface area (Å²) in [5.41, 5.74) is 3.77. The van der Waals surface area contributed by atoms with Crippen LogP contribution in [0.3, 0.4) is 0 Å². The van der Waals surface area contributed by atoms with Gasteiger partial charge in [-0.25, -0.2) is 0 Å². The van der Waals surface area contributed by atoms with E-state index < -0.39 is 0 Å². The monoisotopic (exact) mass is 426 g/mol. The van der Waals surface area contributed by atoms with E-state index in [0.29, 0.717) is 17.0 Å². The van der Waals surface area contributed by atoms with Crippen LogP contribution < -0.4 is 5.32 Å². The zero-order chi connectivity index (χ0) is 21.3. The first kappa shape index (κ1) is 21.4. The molecule has 6 heteroatoms. The standard InChI is InChI=1S/C24H34N4OS/c1-16(2)19-7-5-18(6-8-19)15-28-11-9-24(10-12-28)13-20(14-24)25-23(29)21-22(17(3)4)30-27-26-21/h5-8,16-17,20H,9-15H2,1-4H3,(H,25,29). The number of amides is 1. The molecule has 1 amide bonds. The van der Waals surface area contributed by atoms with Gasteiger partial charge in [-0.1, -0.05) is 56.4 Å². The van der Waals surface area contributed by atoms with E-state index in [1.165, 1.54) is 35.5 Å². The molecule has 5 nitrogen and oxygen atoms in total. The fraction of sp³-hybridized carbons (Fsp3) is 0.625. The van der Waals surface area contributed by atoms with Crippen LogP contribution in [0.5, 0.6) is 0 Å². The van der Waals surface area contributed by atoms with Crippen molar-refractivity contribution in [3.8, 4) is 0 Å². The lowest BCUT2D eigenvalue weighted by Gasteiger charge is -2.52. The minimum absolute atomic E-state index is 0.0467. The van der Waals surface area contributed by atoms with Crippen LogP contribution in [0.2, 0.25) is 0 Å². The molecule has 2 fully saturated rings. The Kier molecular flexibility index (Phi) is 6.26. The maximum Gasteiger partial charge on any atom is 0.273 e. The molecule has 1 N–H and O–H groups in total. The van der Waals surface area contributed by atoms with Gasteiger partial charge in [0.05, 0.1) is 4.88 Å². The summed E-state index contributed by atoms with van der Waals surface area (Å²) in [7, 11) is 0. The minimum atomic E-state index is -0.0467. The molecular formula is C24H34N4OS. The molecule has 1 aliphatic heterocycles. The molecule has 1 saturated carbocycles. The SMILES string of the molecule is CC(C)c1ccc(CN2CCC3(CC2)CC(NC(=O)c2nnsc2C(C)C)C3)cc1. The second-order valence-electron chi connectivity index (χ2n) is 9.89. The van der Waals surface area contributed by atoms with Crippen molar-refractivity contribution in [1.82, 2.24) is 19.8 Å². The van der Waals surface area contributed by atoms with Gasteiger partial charge < -0.3 is 5.32 Å². The summed E-state index contributed by atoms with van der Waals surface area (Å²) in [5, 5.41) is 7.27. The molecule has 1 aromatic carbocycles. The molecule has 2 heterocycles. The summed E-state index contributed by atoms with van der Waals surface area (Å²) in [4.78, 5) is 16.2. The highest BCUT2D eigenvalue weighted by Crippen LogP contribution is 2.49. The average Bonchev–Trinajstić information content (AvgIpc) is 3.19. The van der Waals surface area contributed by atoms with Crippen molar-refractivity contribution in [2.45, 2.75) is 77.8 Å². The Morgan fingerprint density at radius 3 is 2.40 bits per heavy atom. The second kappa shape index (κ2) is 8.75. The highest BCUT2D eigenvalue weighted by Gasteiger charge is 2.46. The molecule has 2 aliphatic rings. The van der Waals surface area contributed by atoms with E-state index in [1.807, 2.05) is 0 Å². The third-order valence-electron chi connectivity index (χ3n) is 6.92. The number of likely N-dealkylation sites (tertiary alicyclic amines) is 1. The second-order valence-corrected chi connectivity index (χ2v) is 10.7. The molecule has 0 unspecified atom stereocenters. The van der Waals surface area contributed by atoms with Crippen LogP contribution in [0.15, 0.2) is 24.3 Å². The minimum Gasteiger partial charge on any atom is -0.348 e. The predicted molar refractivity (Wildman–Crippen MR) is 122 cm³/mol. The molecule has 2 aromatic rings. The molecule has 1 aliphatic carbocycles.